The van der Waals surface area contributed by atoms with Crippen LogP contribution in [0.1, 0.15) is 39.0 Å². The second-order valence-electron chi connectivity index (χ2n) is 9.27. The van der Waals surface area contributed by atoms with Gasteiger partial charge in [0.05, 0.1) is 27.8 Å². The number of benzene rings is 3. The maximum Gasteiger partial charge on any atom is 0.335 e. The number of aromatic carboxylic acids is 1. The van der Waals surface area contributed by atoms with Gasteiger partial charge in [0.25, 0.3) is 11.8 Å². The summed E-state index contributed by atoms with van der Waals surface area (Å²) in [6.07, 6.45) is 0.252. The van der Waals surface area contributed by atoms with Gasteiger partial charge in [-0.3, -0.25) is 9.59 Å². The minimum Gasteiger partial charge on any atom is -0.478 e. The van der Waals surface area contributed by atoms with Crippen molar-refractivity contribution in [2.45, 2.75) is 19.9 Å². The van der Waals surface area contributed by atoms with Gasteiger partial charge >= 0.3 is 5.97 Å². The molecule has 0 saturated carbocycles. The topological polar surface area (TPSA) is 112 Å². The van der Waals surface area contributed by atoms with Crippen LogP contribution >= 0.6 is 11.6 Å². The first-order valence-electron chi connectivity index (χ1n) is 12.3. The summed E-state index contributed by atoms with van der Waals surface area (Å²) in [6.45, 7) is 1.95. The number of halogens is 2. The first-order valence-corrected chi connectivity index (χ1v) is 12.7. The molecular formula is C30H23ClFN3O5. The van der Waals surface area contributed by atoms with E-state index in [9.17, 15) is 23.9 Å². The number of anilines is 1. The highest BCUT2D eigenvalue weighted by Gasteiger charge is 2.35. The number of carboxylic acids is 1. The van der Waals surface area contributed by atoms with Gasteiger partial charge < -0.3 is 14.8 Å². The van der Waals surface area contributed by atoms with Crippen molar-refractivity contribution < 1.29 is 28.3 Å². The molecule has 5 rings (SSSR count). The molecule has 1 aliphatic heterocycles. The third kappa shape index (κ3) is 5.64. The quantitative estimate of drug-likeness (QED) is 0.277. The highest BCUT2D eigenvalue weighted by atomic mass is 35.5. The minimum absolute atomic E-state index is 0.0590. The van der Waals surface area contributed by atoms with Crippen molar-refractivity contribution >= 4 is 40.8 Å². The number of furan rings is 1. The number of rotatable bonds is 8. The lowest BCUT2D eigenvalue weighted by Crippen LogP contribution is -2.28. The Morgan fingerprint density at radius 1 is 1.07 bits per heavy atom. The fourth-order valence-electron chi connectivity index (χ4n) is 4.37. The molecule has 2 N–H and O–H groups in total. The van der Waals surface area contributed by atoms with Crippen molar-refractivity contribution in [1.82, 2.24) is 5.32 Å². The minimum atomic E-state index is -1.09. The summed E-state index contributed by atoms with van der Waals surface area (Å²) in [5.41, 5.74) is 2.63. The first-order chi connectivity index (χ1) is 19.2. The van der Waals surface area contributed by atoms with Crippen LogP contribution in [0.4, 0.5) is 10.1 Å². The summed E-state index contributed by atoms with van der Waals surface area (Å²) in [4.78, 5) is 37.3. The number of nitrogens with zero attached hydrogens (tertiary/aromatic N) is 2. The van der Waals surface area contributed by atoms with Crippen LogP contribution in [0.25, 0.3) is 11.3 Å². The molecule has 3 aromatic carbocycles. The van der Waals surface area contributed by atoms with E-state index in [4.69, 9.17) is 16.0 Å². The number of amides is 2. The molecule has 1 atom stereocenters. The van der Waals surface area contributed by atoms with Crippen LogP contribution in [0.15, 0.2) is 88.4 Å². The van der Waals surface area contributed by atoms with Gasteiger partial charge in [0.2, 0.25) is 0 Å². The second kappa shape index (κ2) is 11.2. The molecular weight excluding hydrogens is 537 g/mol. The lowest BCUT2D eigenvalue weighted by atomic mass is 9.99. The van der Waals surface area contributed by atoms with Crippen molar-refractivity contribution in [2.75, 3.05) is 5.01 Å². The molecule has 0 saturated heterocycles. The van der Waals surface area contributed by atoms with Gasteiger partial charge in [-0.15, -0.1) is 0 Å². The van der Waals surface area contributed by atoms with E-state index in [1.807, 2.05) is 0 Å². The molecule has 202 valence electrons. The fourth-order valence-corrected chi connectivity index (χ4v) is 4.57. The number of nitrogens with one attached hydrogen (secondary N) is 1. The number of hydrazone groups is 1. The van der Waals surface area contributed by atoms with Gasteiger partial charge in [0, 0.05) is 24.2 Å². The fraction of sp³-hybridized carbons (Fsp3) is 0.133. The van der Waals surface area contributed by atoms with E-state index in [0.29, 0.717) is 28.5 Å². The third-order valence-electron chi connectivity index (χ3n) is 6.54. The van der Waals surface area contributed by atoms with Crippen LogP contribution in [0.2, 0.25) is 5.02 Å². The maximum atomic E-state index is 13.2. The van der Waals surface area contributed by atoms with E-state index >= 15 is 0 Å². The SMILES string of the molecule is CC1=NN(c2cccc(C(=O)O)c2)C(=O)C1Cc1ccc(-c2ccc(Cl)c(C(=O)NCc3ccc(F)cc3)c2)o1. The van der Waals surface area contributed by atoms with E-state index in [2.05, 4.69) is 10.4 Å². The average molecular weight is 560 g/mol. The van der Waals surface area contributed by atoms with Crippen LogP contribution in [-0.2, 0) is 17.8 Å². The Morgan fingerprint density at radius 2 is 1.85 bits per heavy atom. The Labute approximate surface area is 233 Å². The van der Waals surface area contributed by atoms with Crippen LogP contribution in [0.3, 0.4) is 0 Å². The first kappa shape index (κ1) is 26.8. The van der Waals surface area contributed by atoms with Crippen molar-refractivity contribution in [1.29, 1.82) is 0 Å². The van der Waals surface area contributed by atoms with Crippen molar-refractivity contribution in [2.24, 2.45) is 11.0 Å². The molecule has 1 aliphatic rings. The van der Waals surface area contributed by atoms with E-state index < -0.39 is 17.8 Å². The Morgan fingerprint density at radius 3 is 2.60 bits per heavy atom. The average Bonchev–Trinajstić information content (AvgIpc) is 3.53. The predicted octanol–water partition coefficient (Wildman–Crippen LogP) is 5.95. The summed E-state index contributed by atoms with van der Waals surface area (Å²) in [7, 11) is 0. The smallest absolute Gasteiger partial charge is 0.335 e. The van der Waals surface area contributed by atoms with Gasteiger partial charge in [0.15, 0.2) is 0 Å². The van der Waals surface area contributed by atoms with Crippen molar-refractivity contribution in [3.8, 4) is 11.3 Å². The predicted molar refractivity (Wildman–Crippen MR) is 148 cm³/mol. The van der Waals surface area contributed by atoms with E-state index in [0.717, 1.165) is 5.56 Å². The Balaban J connectivity index is 1.28. The Kier molecular flexibility index (Phi) is 7.48. The summed E-state index contributed by atoms with van der Waals surface area (Å²) < 4.78 is 19.2. The number of carboxylic acid groups (broad SMARTS) is 1. The third-order valence-corrected chi connectivity index (χ3v) is 6.86. The number of carbonyl (C=O) groups excluding carboxylic acids is 2. The molecule has 0 bridgehead atoms. The van der Waals surface area contributed by atoms with Crippen LogP contribution in [0, 0.1) is 11.7 Å². The van der Waals surface area contributed by atoms with Crippen molar-refractivity contribution in [3.05, 3.63) is 112 Å². The number of hydrogen-bond donors (Lipinski definition) is 2. The molecule has 2 amide bonds. The van der Waals surface area contributed by atoms with Crippen LogP contribution in [0.5, 0.6) is 0 Å². The second-order valence-corrected chi connectivity index (χ2v) is 9.68. The highest BCUT2D eigenvalue weighted by Crippen LogP contribution is 2.31. The normalized spacial score (nSPS) is 14.8. The lowest BCUT2D eigenvalue weighted by molar-refractivity contribution is -0.119. The maximum absolute atomic E-state index is 13.2. The van der Waals surface area contributed by atoms with Gasteiger partial charge in [-0.25, -0.2) is 14.2 Å². The van der Waals surface area contributed by atoms with E-state index in [1.54, 1.807) is 61.5 Å². The zero-order valence-corrected chi connectivity index (χ0v) is 22.0. The molecule has 0 aliphatic carbocycles. The Bertz CT molecular complexity index is 1650. The summed E-state index contributed by atoms with van der Waals surface area (Å²) in [6, 6.07) is 20.3. The molecule has 0 spiro atoms. The highest BCUT2D eigenvalue weighted by molar-refractivity contribution is 6.34. The van der Waals surface area contributed by atoms with Crippen molar-refractivity contribution in [3.63, 3.8) is 0 Å². The molecule has 0 fully saturated rings. The van der Waals surface area contributed by atoms with Gasteiger partial charge in [-0.05, 0) is 73.2 Å². The summed E-state index contributed by atoms with van der Waals surface area (Å²) >= 11 is 6.29. The molecule has 0 radical (unpaired) electrons. The molecule has 2 heterocycles. The summed E-state index contributed by atoms with van der Waals surface area (Å²) in [5.74, 6) is -1.67. The summed E-state index contributed by atoms with van der Waals surface area (Å²) in [5, 5.41) is 17.9. The molecule has 8 nitrogen and oxygen atoms in total. The zero-order valence-electron chi connectivity index (χ0n) is 21.2. The molecule has 1 aromatic heterocycles. The lowest BCUT2D eigenvalue weighted by Gasteiger charge is -2.14. The van der Waals surface area contributed by atoms with E-state index in [1.165, 1.54) is 29.3 Å². The molecule has 4 aromatic rings. The molecule has 40 heavy (non-hydrogen) atoms. The number of carbonyl (C=O) groups is 3. The standard InChI is InChI=1S/C30H23ClFN3O5/c1-17-24(29(37)35(34-17)22-4-2-3-20(13-22)30(38)39)15-23-10-12-27(40-23)19-7-11-26(31)25(14-19)28(36)33-16-18-5-8-21(32)9-6-18/h2-14,24H,15-16H2,1H3,(H,33,36)(H,38,39). The van der Waals surface area contributed by atoms with Crippen LogP contribution < -0.4 is 10.3 Å². The number of hydrogen-bond acceptors (Lipinski definition) is 5. The van der Waals surface area contributed by atoms with E-state index in [-0.39, 0.29) is 40.8 Å². The largest absolute Gasteiger partial charge is 0.478 e. The van der Waals surface area contributed by atoms with Crippen LogP contribution in [-0.4, -0.2) is 28.6 Å². The van der Waals surface area contributed by atoms with Gasteiger partial charge in [0.1, 0.15) is 17.3 Å². The monoisotopic (exact) mass is 559 g/mol. The Hall–Kier alpha value is -4.76. The molecule has 1 unspecified atom stereocenters. The van der Waals surface area contributed by atoms with Gasteiger partial charge in [-0.2, -0.15) is 5.10 Å². The molecule has 10 heteroatoms. The zero-order chi connectivity index (χ0) is 28.4. The van der Waals surface area contributed by atoms with Gasteiger partial charge in [-0.1, -0.05) is 29.8 Å².